The van der Waals surface area contributed by atoms with E-state index in [9.17, 15) is 9.90 Å². The molecule has 0 unspecified atom stereocenters. The molecule has 17 heavy (non-hydrogen) atoms. The molecule has 2 N–H and O–H groups in total. The van der Waals surface area contributed by atoms with Gasteiger partial charge in [-0.3, -0.25) is 4.79 Å². The Morgan fingerprint density at radius 2 is 2.18 bits per heavy atom. The Labute approximate surface area is 112 Å². The lowest BCUT2D eigenvalue weighted by Gasteiger charge is -2.24. The van der Waals surface area contributed by atoms with E-state index in [1.54, 1.807) is 6.07 Å². The number of hydrogen-bond donors (Lipinski definition) is 2. The third-order valence-electron chi connectivity index (χ3n) is 3.10. The van der Waals surface area contributed by atoms with Crippen molar-refractivity contribution in [2.45, 2.75) is 24.8 Å². The van der Waals surface area contributed by atoms with Crippen LogP contribution >= 0.6 is 24.0 Å². The van der Waals surface area contributed by atoms with Crippen LogP contribution in [0.5, 0.6) is 0 Å². The van der Waals surface area contributed by atoms with Gasteiger partial charge in [0.1, 0.15) is 5.54 Å². The average molecular weight is 276 g/mol. The monoisotopic (exact) mass is 275 g/mol. The first-order valence-corrected chi connectivity index (χ1v) is 5.74. The van der Waals surface area contributed by atoms with Crippen molar-refractivity contribution in [3.8, 4) is 0 Å². The highest BCUT2D eigenvalue weighted by molar-refractivity contribution is 6.31. The topological polar surface area (TPSA) is 49.3 Å². The summed E-state index contributed by atoms with van der Waals surface area (Å²) in [4.78, 5) is 11.3. The largest absolute Gasteiger partial charge is 0.480 e. The third-order valence-corrected chi connectivity index (χ3v) is 3.47. The van der Waals surface area contributed by atoms with E-state index in [0.29, 0.717) is 17.9 Å². The summed E-state index contributed by atoms with van der Waals surface area (Å²) in [6, 6.07) is 7.40. The zero-order valence-corrected chi connectivity index (χ0v) is 10.9. The standard InChI is InChI=1S/C12H14ClNO2.ClH/c13-10-5-2-1-4-9(10)8-12(11(15)16)6-3-7-14-12;/h1-2,4-5,14H,3,6-8H2,(H,15,16);1H/t12-;/m0./s1. The summed E-state index contributed by atoms with van der Waals surface area (Å²) in [6.07, 6.45) is 2.01. The van der Waals surface area contributed by atoms with Gasteiger partial charge in [-0.1, -0.05) is 29.8 Å². The van der Waals surface area contributed by atoms with Crippen molar-refractivity contribution in [2.24, 2.45) is 0 Å². The molecule has 1 heterocycles. The Morgan fingerprint density at radius 3 is 2.71 bits per heavy atom. The van der Waals surface area contributed by atoms with E-state index in [-0.39, 0.29) is 12.4 Å². The Morgan fingerprint density at radius 1 is 1.47 bits per heavy atom. The molecular weight excluding hydrogens is 261 g/mol. The summed E-state index contributed by atoms with van der Waals surface area (Å²) >= 11 is 6.05. The Balaban J connectivity index is 0.00000144. The molecule has 1 aliphatic rings. The predicted octanol–water partition coefficient (Wildman–Crippen LogP) is 2.51. The SMILES string of the molecule is Cl.O=C(O)[C@@]1(Cc2ccccc2Cl)CCCN1. The Bertz CT molecular complexity index is 403. The fraction of sp³-hybridized carbons (Fsp3) is 0.417. The molecule has 94 valence electrons. The van der Waals surface area contributed by atoms with Gasteiger partial charge in [0, 0.05) is 11.4 Å². The molecule has 0 radical (unpaired) electrons. The van der Waals surface area contributed by atoms with Crippen LogP contribution in [0.1, 0.15) is 18.4 Å². The van der Waals surface area contributed by atoms with Gasteiger partial charge in [0.25, 0.3) is 0 Å². The van der Waals surface area contributed by atoms with Gasteiger partial charge in [-0.2, -0.15) is 0 Å². The first-order valence-electron chi connectivity index (χ1n) is 5.36. The summed E-state index contributed by atoms with van der Waals surface area (Å²) in [5, 5.41) is 13.0. The molecule has 3 nitrogen and oxygen atoms in total. The fourth-order valence-corrected chi connectivity index (χ4v) is 2.38. The van der Waals surface area contributed by atoms with Gasteiger partial charge in [0.05, 0.1) is 0 Å². The van der Waals surface area contributed by atoms with Gasteiger partial charge in [-0.25, -0.2) is 0 Å². The van der Waals surface area contributed by atoms with Crippen LogP contribution in [-0.2, 0) is 11.2 Å². The summed E-state index contributed by atoms with van der Waals surface area (Å²) in [6.45, 7) is 0.761. The van der Waals surface area contributed by atoms with E-state index in [1.807, 2.05) is 18.2 Å². The highest BCUT2D eigenvalue weighted by Crippen LogP contribution is 2.27. The van der Waals surface area contributed by atoms with E-state index in [2.05, 4.69) is 5.32 Å². The van der Waals surface area contributed by atoms with Crippen molar-refractivity contribution >= 4 is 30.0 Å². The second-order valence-corrected chi connectivity index (χ2v) is 4.59. The molecular formula is C12H15Cl2NO2. The smallest absolute Gasteiger partial charge is 0.324 e. The lowest BCUT2D eigenvalue weighted by molar-refractivity contribution is -0.144. The highest BCUT2D eigenvalue weighted by Gasteiger charge is 2.41. The second kappa shape index (κ2) is 5.71. The number of rotatable bonds is 3. The molecule has 0 amide bonds. The molecule has 0 aromatic heterocycles. The Kier molecular flexibility index (Phi) is 4.80. The zero-order chi connectivity index (χ0) is 11.6. The van der Waals surface area contributed by atoms with Crippen LogP contribution in [0.4, 0.5) is 0 Å². The van der Waals surface area contributed by atoms with Crippen LogP contribution in [0.3, 0.4) is 0 Å². The molecule has 1 aromatic carbocycles. The molecule has 1 atom stereocenters. The average Bonchev–Trinajstić information content (AvgIpc) is 2.71. The van der Waals surface area contributed by atoms with Crippen LogP contribution < -0.4 is 5.32 Å². The van der Waals surface area contributed by atoms with E-state index in [0.717, 1.165) is 18.5 Å². The maximum atomic E-state index is 11.3. The molecule has 0 bridgehead atoms. The first kappa shape index (κ1) is 14.3. The number of carboxylic acids is 1. The van der Waals surface area contributed by atoms with Gasteiger partial charge in [0.2, 0.25) is 0 Å². The van der Waals surface area contributed by atoms with Crippen molar-refractivity contribution in [1.82, 2.24) is 5.32 Å². The molecule has 1 aromatic rings. The summed E-state index contributed by atoms with van der Waals surface area (Å²) < 4.78 is 0. The molecule has 1 fully saturated rings. The number of carbonyl (C=O) groups is 1. The molecule has 0 saturated carbocycles. The van der Waals surface area contributed by atoms with E-state index in [1.165, 1.54) is 0 Å². The first-order chi connectivity index (χ1) is 7.64. The van der Waals surface area contributed by atoms with E-state index in [4.69, 9.17) is 11.6 Å². The Hall–Kier alpha value is -0.770. The minimum atomic E-state index is -0.828. The number of nitrogens with one attached hydrogen (secondary N) is 1. The molecule has 1 saturated heterocycles. The van der Waals surface area contributed by atoms with Gasteiger partial charge < -0.3 is 10.4 Å². The lowest BCUT2D eigenvalue weighted by atomic mass is 9.89. The van der Waals surface area contributed by atoms with Crippen LogP contribution in [0.25, 0.3) is 0 Å². The van der Waals surface area contributed by atoms with Crippen molar-refractivity contribution < 1.29 is 9.90 Å². The second-order valence-electron chi connectivity index (χ2n) is 4.19. The minimum absolute atomic E-state index is 0. The molecule has 0 spiro atoms. The molecule has 5 heteroatoms. The van der Waals surface area contributed by atoms with Gasteiger partial charge >= 0.3 is 5.97 Å². The highest BCUT2D eigenvalue weighted by atomic mass is 35.5. The van der Waals surface area contributed by atoms with Gasteiger partial charge in [-0.15, -0.1) is 12.4 Å². The maximum absolute atomic E-state index is 11.3. The lowest BCUT2D eigenvalue weighted by Crippen LogP contribution is -2.49. The van der Waals surface area contributed by atoms with Crippen molar-refractivity contribution in [2.75, 3.05) is 6.54 Å². The number of hydrogen-bond acceptors (Lipinski definition) is 2. The van der Waals surface area contributed by atoms with Crippen LogP contribution in [0, 0.1) is 0 Å². The van der Waals surface area contributed by atoms with Crippen LogP contribution in [-0.4, -0.2) is 23.2 Å². The van der Waals surface area contributed by atoms with E-state index >= 15 is 0 Å². The third kappa shape index (κ3) is 2.92. The number of benzene rings is 1. The fourth-order valence-electron chi connectivity index (χ4n) is 2.18. The van der Waals surface area contributed by atoms with Gasteiger partial charge in [-0.05, 0) is 31.0 Å². The number of halogens is 2. The molecule has 0 aliphatic carbocycles. The summed E-state index contributed by atoms with van der Waals surface area (Å²) in [5.41, 5.74) is 0.0614. The number of carboxylic acid groups (broad SMARTS) is 1. The van der Waals surface area contributed by atoms with Crippen molar-refractivity contribution in [3.05, 3.63) is 34.9 Å². The van der Waals surface area contributed by atoms with Crippen LogP contribution in [0.15, 0.2) is 24.3 Å². The van der Waals surface area contributed by atoms with Crippen LogP contribution in [0.2, 0.25) is 5.02 Å². The number of aliphatic carboxylic acids is 1. The quantitative estimate of drug-likeness (QED) is 0.891. The maximum Gasteiger partial charge on any atom is 0.324 e. The summed E-state index contributed by atoms with van der Waals surface area (Å²) in [7, 11) is 0. The zero-order valence-electron chi connectivity index (χ0n) is 9.28. The van der Waals surface area contributed by atoms with Crippen molar-refractivity contribution in [1.29, 1.82) is 0 Å². The van der Waals surface area contributed by atoms with Gasteiger partial charge in [0.15, 0.2) is 0 Å². The predicted molar refractivity (Wildman–Crippen MR) is 70.0 cm³/mol. The normalized spacial score (nSPS) is 23.1. The molecule has 1 aliphatic heterocycles. The molecule has 2 rings (SSSR count). The minimum Gasteiger partial charge on any atom is -0.480 e. The van der Waals surface area contributed by atoms with E-state index < -0.39 is 11.5 Å². The summed E-state index contributed by atoms with van der Waals surface area (Å²) in [5.74, 6) is -0.787. The van der Waals surface area contributed by atoms with Crippen molar-refractivity contribution in [3.63, 3.8) is 0 Å².